The van der Waals surface area contributed by atoms with Crippen LogP contribution in [0.4, 0.5) is 5.69 Å². The van der Waals surface area contributed by atoms with Crippen LogP contribution in [-0.2, 0) is 11.2 Å². The third-order valence-corrected chi connectivity index (χ3v) is 3.77. The van der Waals surface area contributed by atoms with E-state index in [-0.39, 0.29) is 5.91 Å². The van der Waals surface area contributed by atoms with Crippen molar-refractivity contribution in [3.05, 3.63) is 24.0 Å². The number of nitrogen functional groups attached to an aromatic ring is 1. The van der Waals surface area contributed by atoms with Gasteiger partial charge in [-0.1, -0.05) is 0 Å². The van der Waals surface area contributed by atoms with Crippen LogP contribution in [0.2, 0.25) is 0 Å². The molecule has 0 atom stereocenters. The smallest absolute Gasteiger partial charge is 0.228 e. The van der Waals surface area contributed by atoms with Gasteiger partial charge in [0.05, 0.1) is 18.3 Å². The lowest BCUT2D eigenvalue weighted by molar-refractivity contribution is -0.131. The highest BCUT2D eigenvalue weighted by Crippen LogP contribution is 2.18. The number of hydrogen-bond donors (Lipinski definition) is 1. The van der Waals surface area contributed by atoms with Crippen LogP contribution in [0.3, 0.4) is 0 Å². The zero-order chi connectivity index (χ0) is 14.5. The molecule has 0 unspecified atom stereocenters. The number of rotatable bonds is 4. The highest BCUT2D eigenvalue weighted by Gasteiger charge is 2.23. The summed E-state index contributed by atoms with van der Waals surface area (Å²) < 4.78 is 0. The van der Waals surface area contributed by atoms with Crippen molar-refractivity contribution in [2.24, 2.45) is 5.92 Å². The second kappa shape index (κ2) is 6.70. The number of anilines is 1. The normalized spacial score (nSPS) is 16.6. The van der Waals surface area contributed by atoms with Crippen molar-refractivity contribution in [2.45, 2.75) is 19.3 Å². The molecule has 20 heavy (non-hydrogen) atoms. The van der Waals surface area contributed by atoms with E-state index in [0.29, 0.717) is 18.0 Å². The molecule has 5 heteroatoms. The summed E-state index contributed by atoms with van der Waals surface area (Å²) in [6, 6.07) is 3.62. The van der Waals surface area contributed by atoms with Crippen LogP contribution in [0.1, 0.15) is 18.5 Å². The SMILES string of the molecule is CN(C)CC1CCN(C(=O)Cc2ccc(N)cn2)CC1. The van der Waals surface area contributed by atoms with Gasteiger partial charge in [-0.05, 0) is 45.0 Å². The second-order valence-corrected chi connectivity index (χ2v) is 5.85. The number of amides is 1. The summed E-state index contributed by atoms with van der Waals surface area (Å²) in [4.78, 5) is 20.6. The number of nitrogens with two attached hydrogens (primary N) is 1. The van der Waals surface area contributed by atoms with Crippen molar-refractivity contribution in [2.75, 3.05) is 39.5 Å². The minimum atomic E-state index is 0.172. The third kappa shape index (κ3) is 4.20. The molecule has 1 aromatic heterocycles. The van der Waals surface area contributed by atoms with Crippen molar-refractivity contribution < 1.29 is 4.79 Å². The van der Waals surface area contributed by atoms with Gasteiger partial charge in [-0.15, -0.1) is 0 Å². The van der Waals surface area contributed by atoms with Crippen LogP contribution in [-0.4, -0.2) is 54.4 Å². The summed E-state index contributed by atoms with van der Waals surface area (Å²) in [5.41, 5.74) is 7.02. The fourth-order valence-electron chi connectivity index (χ4n) is 2.69. The van der Waals surface area contributed by atoms with Crippen molar-refractivity contribution in [3.8, 4) is 0 Å². The largest absolute Gasteiger partial charge is 0.397 e. The number of likely N-dealkylation sites (tertiary alicyclic amines) is 1. The Morgan fingerprint density at radius 2 is 2.10 bits per heavy atom. The van der Waals surface area contributed by atoms with E-state index in [9.17, 15) is 4.79 Å². The second-order valence-electron chi connectivity index (χ2n) is 5.85. The molecule has 0 aromatic carbocycles. The molecule has 1 saturated heterocycles. The zero-order valence-corrected chi connectivity index (χ0v) is 12.4. The number of carbonyl (C=O) groups is 1. The molecule has 1 amide bonds. The van der Waals surface area contributed by atoms with Crippen LogP contribution in [0.15, 0.2) is 18.3 Å². The topological polar surface area (TPSA) is 62.5 Å². The Bertz CT molecular complexity index is 436. The summed E-state index contributed by atoms with van der Waals surface area (Å²) in [5, 5.41) is 0. The highest BCUT2D eigenvalue weighted by molar-refractivity contribution is 5.78. The number of aromatic nitrogens is 1. The maximum atomic E-state index is 12.2. The van der Waals surface area contributed by atoms with Crippen LogP contribution < -0.4 is 5.73 Å². The van der Waals surface area contributed by atoms with Gasteiger partial charge in [-0.2, -0.15) is 0 Å². The first-order valence-corrected chi connectivity index (χ1v) is 7.17. The van der Waals surface area contributed by atoms with Crippen LogP contribution in [0.5, 0.6) is 0 Å². The van der Waals surface area contributed by atoms with E-state index in [1.165, 1.54) is 0 Å². The minimum absolute atomic E-state index is 0.172. The molecule has 0 saturated carbocycles. The van der Waals surface area contributed by atoms with Crippen LogP contribution in [0.25, 0.3) is 0 Å². The van der Waals surface area contributed by atoms with E-state index in [2.05, 4.69) is 24.0 Å². The van der Waals surface area contributed by atoms with Gasteiger partial charge < -0.3 is 15.5 Å². The molecule has 0 bridgehead atoms. The number of piperidine rings is 1. The molecule has 2 heterocycles. The molecule has 2 rings (SSSR count). The van der Waals surface area contributed by atoms with E-state index in [0.717, 1.165) is 38.2 Å². The van der Waals surface area contributed by atoms with Crippen LogP contribution >= 0.6 is 0 Å². The number of pyridine rings is 1. The maximum Gasteiger partial charge on any atom is 0.228 e. The average Bonchev–Trinajstić information content (AvgIpc) is 2.41. The Labute approximate surface area is 120 Å². The fourth-order valence-corrected chi connectivity index (χ4v) is 2.69. The highest BCUT2D eigenvalue weighted by atomic mass is 16.2. The van der Waals surface area contributed by atoms with Gasteiger partial charge in [0.25, 0.3) is 0 Å². The Balaban J connectivity index is 1.81. The van der Waals surface area contributed by atoms with Gasteiger partial charge in [0, 0.05) is 25.3 Å². The average molecular weight is 276 g/mol. The molecule has 1 aliphatic heterocycles. The molecule has 2 N–H and O–H groups in total. The van der Waals surface area contributed by atoms with Crippen molar-refractivity contribution in [1.29, 1.82) is 0 Å². The first-order chi connectivity index (χ1) is 9.54. The van der Waals surface area contributed by atoms with Crippen molar-refractivity contribution >= 4 is 11.6 Å². The van der Waals surface area contributed by atoms with Gasteiger partial charge in [0.1, 0.15) is 0 Å². The minimum Gasteiger partial charge on any atom is -0.397 e. The van der Waals surface area contributed by atoms with Crippen molar-refractivity contribution in [1.82, 2.24) is 14.8 Å². The zero-order valence-electron chi connectivity index (χ0n) is 12.4. The summed E-state index contributed by atoms with van der Waals surface area (Å²) in [6.07, 6.45) is 4.17. The molecule has 1 aromatic rings. The quantitative estimate of drug-likeness (QED) is 0.891. The molecule has 5 nitrogen and oxygen atoms in total. The monoisotopic (exact) mass is 276 g/mol. The Morgan fingerprint density at radius 3 is 2.65 bits per heavy atom. The molecule has 0 aliphatic carbocycles. The lowest BCUT2D eigenvalue weighted by atomic mass is 9.96. The van der Waals surface area contributed by atoms with E-state index in [1.807, 2.05) is 11.0 Å². The summed E-state index contributed by atoms with van der Waals surface area (Å²) in [7, 11) is 4.20. The van der Waals surface area contributed by atoms with E-state index >= 15 is 0 Å². The third-order valence-electron chi connectivity index (χ3n) is 3.77. The molecular weight excluding hydrogens is 252 g/mol. The first kappa shape index (κ1) is 14.8. The number of nitrogens with zero attached hydrogens (tertiary/aromatic N) is 3. The lowest BCUT2D eigenvalue weighted by Gasteiger charge is -2.33. The molecular formula is C15H24N4O. The van der Waals surface area contributed by atoms with E-state index < -0.39 is 0 Å². The predicted molar refractivity (Wildman–Crippen MR) is 80.2 cm³/mol. The van der Waals surface area contributed by atoms with Gasteiger partial charge in [-0.25, -0.2) is 0 Å². The predicted octanol–water partition coefficient (Wildman–Crippen LogP) is 1.01. The van der Waals surface area contributed by atoms with E-state index in [4.69, 9.17) is 5.73 Å². The van der Waals surface area contributed by atoms with Crippen LogP contribution in [0, 0.1) is 5.92 Å². The van der Waals surface area contributed by atoms with Gasteiger partial charge in [0.2, 0.25) is 5.91 Å². The molecule has 110 valence electrons. The molecule has 1 fully saturated rings. The molecule has 1 aliphatic rings. The lowest BCUT2D eigenvalue weighted by Crippen LogP contribution is -2.41. The fraction of sp³-hybridized carbons (Fsp3) is 0.600. The van der Waals surface area contributed by atoms with E-state index in [1.54, 1.807) is 12.3 Å². The number of hydrogen-bond acceptors (Lipinski definition) is 4. The Morgan fingerprint density at radius 1 is 1.40 bits per heavy atom. The van der Waals surface area contributed by atoms with Gasteiger partial charge in [0.15, 0.2) is 0 Å². The summed E-state index contributed by atoms with van der Waals surface area (Å²) in [5.74, 6) is 0.884. The molecule has 0 radical (unpaired) electrons. The van der Waals surface area contributed by atoms with Gasteiger partial charge >= 0.3 is 0 Å². The summed E-state index contributed by atoms with van der Waals surface area (Å²) >= 11 is 0. The van der Waals surface area contributed by atoms with Gasteiger partial charge in [-0.3, -0.25) is 9.78 Å². The Kier molecular flexibility index (Phi) is 4.95. The molecule has 0 spiro atoms. The Hall–Kier alpha value is -1.62. The maximum absolute atomic E-state index is 12.2. The first-order valence-electron chi connectivity index (χ1n) is 7.17. The summed E-state index contributed by atoms with van der Waals surface area (Å²) in [6.45, 7) is 2.85. The number of carbonyl (C=O) groups excluding carboxylic acids is 1. The van der Waals surface area contributed by atoms with Crippen molar-refractivity contribution in [3.63, 3.8) is 0 Å². The standard InChI is InChI=1S/C15H24N4O/c1-18(2)11-12-5-7-19(8-6-12)15(20)9-14-4-3-13(16)10-17-14/h3-4,10,12H,5-9,11,16H2,1-2H3.